The number of aryl methyl sites for hydroxylation is 1. The maximum atomic E-state index is 13.1. The largest absolute Gasteiger partial charge is 0.395 e. The van der Waals surface area contributed by atoms with E-state index < -0.39 is 0 Å². The van der Waals surface area contributed by atoms with Crippen LogP contribution in [0.3, 0.4) is 0 Å². The minimum atomic E-state index is -0.298. The van der Waals surface area contributed by atoms with Crippen LogP contribution in [0.25, 0.3) is 5.69 Å². The molecule has 0 saturated heterocycles. The Kier molecular flexibility index (Phi) is 5.50. The number of amides is 1. The molecule has 2 rings (SSSR count). The van der Waals surface area contributed by atoms with Crippen molar-refractivity contribution in [2.24, 2.45) is 0 Å². The van der Waals surface area contributed by atoms with Gasteiger partial charge >= 0.3 is 0 Å². The number of aromatic nitrogens is 2. The molecule has 1 aromatic heterocycles. The number of nitrogens with zero attached hydrogens (tertiary/aromatic N) is 3. The van der Waals surface area contributed by atoms with Gasteiger partial charge in [-0.15, -0.1) is 0 Å². The van der Waals surface area contributed by atoms with Crippen molar-refractivity contribution in [2.75, 3.05) is 19.7 Å². The predicted octanol–water partition coefficient (Wildman–Crippen LogP) is 2.01. The number of aliphatic hydroxyl groups is 1. The summed E-state index contributed by atoms with van der Waals surface area (Å²) >= 11 is 0. The molecule has 0 bridgehead atoms. The zero-order valence-corrected chi connectivity index (χ0v) is 13.7. The summed E-state index contributed by atoms with van der Waals surface area (Å²) in [5.41, 5.74) is 3.27. The van der Waals surface area contributed by atoms with E-state index in [1.807, 2.05) is 20.8 Å². The first-order valence-corrected chi connectivity index (χ1v) is 7.67. The van der Waals surface area contributed by atoms with Crippen LogP contribution in [0.2, 0.25) is 0 Å². The highest BCUT2D eigenvalue weighted by Gasteiger charge is 2.19. The Bertz CT molecular complexity index is 680. The molecule has 0 spiro atoms. The molecule has 0 fully saturated rings. The number of hydrogen-bond donors (Lipinski definition) is 1. The minimum Gasteiger partial charge on any atom is -0.395 e. The molecule has 0 saturated carbocycles. The van der Waals surface area contributed by atoms with E-state index in [0.717, 1.165) is 22.6 Å². The van der Waals surface area contributed by atoms with E-state index in [2.05, 4.69) is 5.10 Å². The van der Waals surface area contributed by atoms with E-state index >= 15 is 0 Å². The van der Waals surface area contributed by atoms with Crippen molar-refractivity contribution in [1.29, 1.82) is 0 Å². The van der Waals surface area contributed by atoms with Crippen LogP contribution in [0, 0.1) is 19.7 Å². The Hall–Kier alpha value is -2.21. The second kappa shape index (κ2) is 7.37. The highest BCUT2D eigenvalue weighted by molar-refractivity contribution is 5.79. The van der Waals surface area contributed by atoms with Crippen LogP contribution in [0.4, 0.5) is 4.39 Å². The number of aliphatic hydroxyl groups excluding tert-OH is 1. The number of likely N-dealkylation sites (N-methyl/N-ethyl adjacent to an activating group) is 1. The van der Waals surface area contributed by atoms with Crippen molar-refractivity contribution in [3.8, 4) is 5.69 Å². The van der Waals surface area contributed by atoms with Gasteiger partial charge < -0.3 is 10.0 Å². The third-order valence-electron chi connectivity index (χ3n) is 3.94. The van der Waals surface area contributed by atoms with Gasteiger partial charge in [-0.2, -0.15) is 5.10 Å². The van der Waals surface area contributed by atoms with Crippen LogP contribution in [0.5, 0.6) is 0 Å². The van der Waals surface area contributed by atoms with Crippen molar-refractivity contribution in [3.63, 3.8) is 0 Å². The number of hydrogen-bond acceptors (Lipinski definition) is 3. The van der Waals surface area contributed by atoms with Crippen LogP contribution < -0.4 is 0 Å². The molecule has 1 N–H and O–H groups in total. The number of carbonyl (C=O) groups is 1. The molecule has 5 nitrogen and oxygen atoms in total. The van der Waals surface area contributed by atoms with Gasteiger partial charge in [0, 0.05) is 24.3 Å². The lowest BCUT2D eigenvalue weighted by molar-refractivity contribution is -0.130. The topological polar surface area (TPSA) is 58.4 Å². The summed E-state index contributed by atoms with van der Waals surface area (Å²) in [6.45, 7) is 6.48. The second-order valence-corrected chi connectivity index (χ2v) is 5.41. The molecule has 0 radical (unpaired) electrons. The molecule has 1 heterocycles. The first-order chi connectivity index (χ1) is 11.0. The van der Waals surface area contributed by atoms with Gasteiger partial charge in [-0.1, -0.05) is 0 Å². The third-order valence-corrected chi connectivity index (χ3v) is 3.94. The molecule has 0 aliphatic carbocycles. The average Bonchev–Trinajstić information content (AvgIpc) is 2.81. The minimum absolute atomic E-state index is 0.0357. The number of carbonyl (C=O) groups excluding carboxylic acids is 1. The summed E-state index contributed by atoms with van der Waals surface area (Å²) in [7, 11) is 0. The van der Waals surface area contributed by atoms with Crippen LogP contribution in [-0.4, -0.2) is 45.4 Å². The smallest absolute Gasteiger partial charge is 0.227 e. The third kappa shape index (κ3) is 3.76. The van der Waals surface area contributed by atoms with Crippen molar-refractivity contribution >= 4 is 5.91 Å². The first-order valence-electron chi connectivity index (χ1n) is 7.67. The van der Waals surface area contributed by atoms with Gasteiger partial charge in [-0.25, -0.2) is 9.07 Å². The average molecular weight is 319 g/mol. The lowest BCUT2D eigenvalue weighted by Gasteiger charge is -2.19. The SMILES string of the molecule is CCN(CCO)C(=O)Cc1c(C)nn(-c2ccc(F)cc2)c1C. The quantitative estimate of drug-likeness (QED) is 0.886. The highest BCUT2D eigenvalue weighted by Crippen LogP contribution is 2.19. The summed E-state index contributed by atoms with van der Waals surface area (Å²) in [5.74, 6) is -0.334. The Labute approximate surface area is 135 Å². The molecule has 6 heteroatoms. The molecular formula is C17H22FN3O2. The van der Waals surface area contributed by atoms with Crippen molar-refractivity contribution in [3.05, 3.63) is 47.0 Å². The molecule has 1 amide bonds. The fourth-order valence-electron chi connectivity index (χ4n) is 2.61. The maximum absolute atomic E-state index is 13.1. The fourth-order valence-corrected chi connectivity index (χ4v) is 2.61. The van der Waals surface area contributed by atoms with E-state index in [4.69, 9.17) is 5.11 Å². The van der Waals surface area contributed by atoms with E-state index in [-0.39, 0.29) is 24.8 Å². The van der Waals surface area contributed by atoms with Gasteiger partial charge in [-0.05, 0) is 45.0 Å². The van der Waals surface area contributed by atoms with Gasteiger partial charge in [-0.3, -0.25) is 4.79 Å². The number of halogens is 1. The molecule has 0 aliphatic rings. The summed E-state index contributed by atoms with van der Waals surface area (Å²) in [5, 5.41) is 13.5. The second-order valence-electron chi connectivity index (χ2n) is 5.41. The molecule has 0 atom stereocenters. The monoisotopic (exact) mass is 319 g/mol. The van der Waals surface area contributed by atoms with Gasteiger partial charge in [0.1, 0.15) is 5.82 Å². The van der Waals surface area contributed by atoms with E-state index in [1.165, 1.54) is 12.1 Å². The zero-order valence-electron chi connectivity index (χ0n) is 13.7. The van der Waals surface area contributed by atoms with Crippen molar-refractivity contribution in [1.82, 2.24) is 14.7 Å². The standard InChI is InChI=1S/C17H22FN3O2/c1-4-20(9-10-22)17(23)11-16-12(2)19-21(13(16)3)15-7-5-14(18)6-8-15/h5-8,22H,4,9-11H2,1-3H3. The molecule has 1 aromatic carbocycles. The Morgan fingerprint density at radius 2 is 1.96 bits per heavy atom. The zero-order chi connectivity index (χ0) is 17.0. The normalized spacial score (nSPS) is 10.8. The van der Waals surface area contributed by atoms with Gasteiger partial charge in [0.25, 0.3) is 0 Å². The fraction of sp³-hybridized carbons (Fsp3) is 0.412. The molecule has 124 valence electrons. The first kappa shape index (κ1) is 17.1. The van der Waals surface area contributed by atoms with Crippen LogP contribution in [0.1, 0.15) is 23.9 Å². The van der Waals surface area contributed by atoms with Crippen LogP contribution >= 0.6 is 0 Å². The van der Waals surface area contributed by atoms with Gasteiger partial charge in [0.15, 0.2) is 0 Å². The highest BCUT2D eigenvalue weighted by atomic mass is 19.1. The van der Waals surface area contributed by atoms with Gasteiger partial charge in [0.05, 0.1) is 24.4 Å². The number of rotatable bonds is 6. The molecule has 0 unspecified atom stereocenters. The van der Waals surface area contributed by atoms with E-state index in [0.29, 0.717) is 13.1 Å². The summed E-state index contributed by atoms with van der Waals surface area (Å²) in [6.07, 6.45) is 0.243. The Balaban J connectivity index is 2.27. The molecule has 2 aromatic rings. The lowest BCUT2D eigenvalue weighted by Crippen LogP contribution is -2.34. The van der Waals surface area contributed by atoms with Crippen LogP contribution in [0.15, 0.2) is 24.3 Å². The van der Waals surface area contributed by atoms with E-state index in [1.54, 1.807) is 21.7 Å². The van der Waals surface area contributed by atoms with Crippen molar-refractivity contribution in [2.45, 2.75) is 27.2 Å². The molecule has 0 aliphatic heterocycles. The molecular weight excluding hydrogens is 297 g/mol. The summed E-state index contributed by atoms with van der Waals surface area (Å²) in [4.78, 5) is 14.0. The lowest BCUT2D eigenvalue weighted by atomic mass is 10.1. The van der Waals surface area contributed by atoms with Crippen molar-refractivity contribution < 1.29 is 14.3 Å². The number of benzene rings is 1. The summed E-state index contributed by atoms with van der Waals surface area (Å²) in [6, 6.07) is 6.09. The van der Waals surface area contributed by atoms with Gasteiger partial charge in [0.2, 0.25) is 5.91 Å². The molecule has 23 heavy (non-hydrogen) atoms. The summed E-state index contributed by atoms with van der Waals surface area (Å²) < 4.78 is 14.8. The predicted molar refractivity (Wildman–Crippen MR) is 86.0 cm³/mol. The Morgan fingerprint density at radius 3 is 2.52 bits per heavy atom. The maximum Gasteiger partial charge on any atom is 0.227 e. The Morgan fingerprint density at radius 1 is 1.30 bits per heavy atom. The van der Waals surface area contributed by atoms with Crippen LogP contribution in [-0.2, 0) is 11.2 Å². The van der Waals surface area contributed by atoms with E-state index in [9.17, 15) is 9.18 Å².